The summed E-state index contributed by atoms with van der Waals surface area (Å²) in [5, 5.41) is 2.70. The fourth-order valence-electron chi connectivity index (χ4n) is 2.81. The summed E-state index contributed by atoms with van der Waals surface area (Å²) in [4.78, 5) is 11.5. The fourth-order valence-corrected chi connectivity index (χ4v) is 2.81. The number of fused-ring (bicyclic) bond motifs is 1. The third kappa shape index (κ3) is 2.14. The predicted molar refractivity (Wildman–Crippen MR) is 67.5 cm³/mol. The third-order valence-electron chi connectivity index (χ3n) is 3.60. The van der Waals surface area contributed by atoms with Crippen LogP contribution in [0.4, 0.5) is 0 Å². The molecule has 0 radical (unpaired) electrons. The first-order valence-corrected chi connectivity index (χ1v) is 6.04. The lowest BCUT2D eigenvalue weighted by Crippen LogP contribution is -2.19. The van der Waals surface area contributed by atoms with E-state index in [1.54, 1.807) is 14.2 Å². The number of carbonyl (C=O) groups is 1. The van der Waals surface area contributed by atoms with Crippen molar-refractivity contribution in [1.82, 2.24) is 5.32 Å². The van der Waals surface area contributed by atoms with E-state index in [2.05, 4.69) is 18.3 Å². The Morgan fingerprint density at radius 1 is 1.53 bits per heavy atom. The Labute approximate surface area is 102 Å². The number of hydrogen-bond donors (Lipinski definition) is 1. The van der Waals surface area contributed by atoms with E-state index in [1.807, 2.05) is 12.1 Å². The van der Waals surface area contributed by atoms with Gasteiger partial charge in [0.1, 0.15) is 5.75 Å². The largest absolute Gasteiger partial charge is 0.496 e. The molecule has 1 aromatic carbocycles. The lowest BCUT2D eigenvalue weighted by atomic mass is 9.97. The molecule has 17 heavy (non-hydrogen) atoms. The molecule has 0 heterocycles. The van der Waals surface area contributed by atoms with Crippen LogP contribution in [-0.2, 0) is 4.79 Å². The van der Waals surface area contributed by atoms with E-state index in [4.69, 9.17) is 4.74 Å². The number of methoxy groups -OCH3 is 1. The molecule has 3 heteroatoms. The first kappa shape index (κ1) is 12.0. The van der Waals surface area contributed by atoms with E-state index >= 15 is 0 Å². The van der Waals surface area contributed by atoms with Crippen molar-refractivity contribution in [1.29, 1.82) is 0 Å². The van der Waals surface area contributed by atoms with E-state index in [1.165, 1.54) is 11.1 Å². The molecule has 1 aliphatic rings. The van der Waals surface area contributed by atoms with Crippen LogP contribution in [0.5, 0.6) is 5.75 Å². The molecule has 0 saturated heterocycles. The molecule has 92 valence electrons. The minimum atomic E-state index is 0.109. The molecule has 0 aliphatic heterocycles. The Balaban J connectivity index is 2.31. The molecule has 0 bridgehead atoms. The molecular weight excluding hydrogens is 214 g/mol. The summed E-state index contributed by atoms with van der Waals surface area (Å²) in [6.07, 6.45) is 1.60. The number of benzene rings is 1. The number of ether oxygens (including phenoxy) is 1. The minimum Gasteiger partial charge on any atom is -0.496 e. The average molecular weight is 233 g/mol. The maximum Gasteiger partial charge on any atom is 0.220 e. The minimum absolute atomic E-state index is 0.109. The zero-order valence-electron chi connectivity index (χ0n) is 10.6. The molecule has 1 N–H and O–H groups in total. The van der Waals surface area contributed by atoms with Gasteiger partial charge in [-0.2, -0.15) is 0 Å². The zero-order valence-corrected chi connectivity index (χ0v) is 10.6. The third-order valence-corrected chi connectivity index (χ3v) is 3.60. The highest BCUT2D eigenvalue weighted by atomic mass is 16.5. The van der Waals surface area contributed by atoms with Gasteiger partial charge in [-0.3, -0.25) is 4.79 Å². The van der Waals surface area contributed by atoms with Crippen LogP contribution >= 0.6 is 0 Å². The van der Waals surface area contributed by atoms with E-state index < -0.39 is 0 Å². The van der Waals surface area contributed by atoms with Gasteiger partial charge in [0.2, 0.25) is 5.91 Å². The zero-order chi connectivity index (χ0) is 12.4. The van der Waals surface area contributed by atoms with Gasteiger partial charge < -0.3 is 10.1 Å². The van der Waals surface area contributed by atoms with Crippen molar-refractivity contribution in [2.45, 2.75) is 31.6 Å². The number of rotatable bonds is 3. The van der Waals surface area contributed by atoms with Crippen molar-refractivity contribution >= 4 is 5.91 Å². The van der Waals surface area contributed by atoms with Gasteiger partial charge in [0.15, 0.2) is 0 Å². The van der Waals surface area contributed by atoms with Gasteiger partial charge in [-0.05, 0) is 29.9 Å². The van der Waals surface area contributed by atoms with Crippen LogP contribution in [0.15, 0.2) is 18.2 Å². The van der Waals surface area contributed by atoms with Gasteiger partial charge in [0, 0.05) is 19.0 Å². The van der Waals surface area contributed by atoms with E-state index in [0.717, 1.165) is 12.2 Å². The van der Waals surface area contributed by atoms with Gasteiger partial charge in [-0.1, -0.05) is 19.1 Å². The Morgan fingerprint density at radius 2 is 2.29 bits per heavy atom. The van der Waals surface area contributed by atoms with Crippen LogP contribution in [0.3, 0.4) is 0 Å². The molecule has 2 atom stereocenters. The Kier molecular flexibility index (Phi) is 3.36. The lowest BCUT2D eigenvalue weighted by Gasteiger charge is -2.11. The summed E-state index contributed by atoms with van der Waals surface area (Å²) in [6, 6.07) is 6.12. The number of amides is 1. The first-order chi connectivity index (χ1) is 8.17. The van der Waals surface area contributed by atoms with Gasteiger partial charge in [0.05, 0.1) is 7.11 Å². The smallest absolute Gasteiger partial charge is 0.220 e. The highest BCUT2D eigenvalue weighted by Crippen LogP contribution is 2.47. The topological polar surface area (TPSA) is 38.3 Å². The van der Waals surface area contributed by atoms with Crippen LogP contribution in [0, 0.1) is 0 Å². The molecule has 1 aromatic rings. The molecule has 0 saturated carbocycles. The summed E-state index contributed by atoms with van der Waals surface area (Å²) in [5.41, 5.74) is 2.56. The van der Waals surface area contributed by atoms with Crippen molar-refractivity contribution in [3.8, 4) is 5.75 Å². The second-order valence-corrected chi connectivity index (χ2v) is 4.67. The molecular formula is C14H19NO2. The van der Waals surface area contributed by atoms with Crippen molar-refractivity contribution in [2.24, 2.45) is 0 Å². The molecule has 0 aromatic heterocycles. The molecule has 2 rings (SSSR count). The van der Waals surface area contributed by atoms with Gasteiger partial charge in [-0.15, -0.1) is 0 Å². The van der Waals surface area contributed by atoms with Crippen LogP contribution in [0.25, 0.3) is 0 Å². The fraction of sp³-hybridized carbons (Fsp3) is 0.500. The van der Waals surface area contributed by atoms with Crippen LogP contribution in [-0.4, -0.2) is 20.1 Å². The van der Waals surface area contributed by atoms with E-state index in [9.17, 15) is 4.79 Å². The standard InChI is InChI=1S/C14H19NO2/c1-9-7-10(8-13(16)15-2)11-5-4-6-12(17-3)14(9)11/h4-6,9-10H,7-8H2,1-3H3,(H,15,16). The lowest BCUT2D eigenvalue weighted by molar-refractivity contribution is -0.121. The number of nitrogens with one attached hydrogen (secondary N) is 1. The normalized spacial score (nSPS) is 22.1. The highest BCUT2D eigenvalue weighted by Gasteiger charge is 2.31. The Morgan fingerprint density at radius 3 is 2.94 bits per heavy atom. The summed E-state index contributed by atoms with van der Waals surface area (Å²) in [6.45, 7) is 2.20. The Hall–Kier alpha value is -1.51. The van der Waals surface area contributed by atoms with Crippen LogP contribution in [0.1, 0.15) is 42.7 Å². The molecule has 0 spiro atoms. The van der Waals surface area contributed by atoms with E-state index in [-0.39, 0.29) is 5.91 Å². The molecule has 0 fully saturated rings. The average Bonchev–Trinajstić information content (AvgIpc) is 2.66. The second kappa shape index (κ2) is 4.78. The number of carbonyl (C=O) groups excluding carboxylic acids is 1. The maximum absolute atomic E-state index is 11.5. The summed E-state index contributed by atoms with van der Waals surface area (Å²) < 4.78 is 5.41. The molecule has 2 unspecified atom stereocenters. The second-order valence-electron chi connectivity index (χ2n) is 4.67. The SMILES string of the molecule is CNC(=O)CC1CC(C)c2c(OC)cccc21. The van der Waals surface area contributed by atoms with Gasteiger partial charge in [-0.25, -0.2) is 0 Å². The first-order valence-electron chi connectivity index (χ1n) is 6.04. The van der Waals surface area contributed by atoms with Crippen molar-refractivity contribution in [2.75, 3.05) is 14.2 Å². The van der Waals surface area contributed by atoms with Crippen molar-refractivity contribution < 1.29 is 9.53 Å². The van der Waals surface area contributed by atoms with Crippen LogP contribution in [0.2, 0.25) is 0 Å². The highest BCUT2D eigenvalue weighted by molar-refractivity contribution is 5.77. The van der Waals surface area contributed by atoms with Gasteiger partial charge in [0.25, 0.3) is 0 Å². The van der Waals surface area contributed by atoms with Crippen LogP contribution < -0.4 is 10.1 Å². The Bertz CT molecular complexity index is 428. The monoisotopic (exact) mass is 233 g/mol. The molecule has 3 nitrogen and oxygen atoms in total. The summed E-state index contributed by atoms with van der Waals surface area (Å²) in [7, 11) is 3.39. The quantitative estimate of drug-likeness (QED) is 0.870. The summed E-state index contributed by atoms with van der Waals surface area (Å²) >= 11 is 0. The summed E-state index contributed by atoms with van der Waals surface area (Å²) in [5.74, 6) is 1.86. The maximum atomic E-state index is 11.5. The predicted octanol–water partition coefficient (Wildman–Crippen LogP) is 2.42. The van der Waals surface area contributed by atoms with E-state index in [0.29, 0.717) is 18.3 Å². The van der Waals surface area contributed by atoms with Gasteiger partial charge >= 0.3 is 0 Å². The molecule has 1 amide bonds. The molecule has 1 aliphatic carbocycles. The van der Waals surface area contributed by atoms with Crippen molar-refractivity contribution in [3.05, 3.63) is 29.3 Å². The van der Waals surface area contributed by atoms with Crippen molar-refractivity contribution in [3.63, 3.8) is 0 Å². The number of hydrogen-bond acceptors (Lipinski definition) is 2.